The van der Waals surface area contributed by atoms with E-state index in [1.165, 1.54) is 11.1 Å². The number of halogens is 1. The summed E-state index contributed by atoms with van der Waals surface area (Å²) in [6, 6.07) is 8.86. The third kappa shape index (κ3) is 3.70. The van der Waals surface area contributed by atoms with E-state index in [0.717, 1.165) is 6.20 Å². The van der Waals surface area contributed by atoms with Crippen LogP contribution in [-0.4, -0.2) is 73.7 Å². The molecule has 1 aliphatic rings. The quantitative estimate of drug-likeness (QED) is 0.364. The summed E-state index contributed by atoms with van der Waals surface area (Å²) < 4.78 is 19.6. The largest absolute Gasteiger partial charge is 0.358 e. The number of aryl methyl sites for hydroxylation is 1. The topological polar surface area (TPSA) is 125 Å². The molecule has 3 aromatic heterocycles. The highest BCUT2D eigenvalue weighted by atomic mass is 19.1. The van der Waals surface area contributed by atoms with Crippen molar-refractivity contribution in [2.75, 3.05) is 26.2 Å². The Hall–Kier alpha value is -4.41. The molecule has 0 atom stereocenters. The third-order valence-electron chi connectivity index (χ3n) is 5.72. The Bertz CT molecular complexity index is 1410. The molecule has 0 bridgehead atoms. The van der Waals surface area contributed by atoms with Gasteiger partial charge in [0.2, 0.25) is 11.7 Å². The average Bonchev–Trinajstić information content (AvgIpc) is 3.51. The molecular formula is C23H19FN6O4. The van der Waals surface area contributed by atoms with Gasteiger partial charge >= 0.3 is 0 Å². The monoisotopic (exact) mass is 462 g/mol. The zero-order valence-electron chi connectivity index (χ0n) is 18.1. The first-order valence-corrected chi connectivity index (χ1v) is 10.6. The summed E-state index contributed by atoms with van der Waals surface area (Å²) in [6.07, 6.45) is 2.23. The Morgan fingerprint density at radius 1 is 1.06 bits per heavy atom. The molecule has 0 radical (unpaired) electrons. The number of nitrogens with zero attached hydrogens (tertiary/aromatic N) is 5. The van der Waals surface area contributed by atoms with E-state index in [-0.39, 0.29) is 47.0 Å². The molecule has 1 N–H and O–H groups in total. The van der Waals surface area contributed by atoms with E-state index in [0.29, 0.717) is 24.5 Å². The van der Waals surface area contributed by atoms with Gasteiger partial charge in [-0.25, -0.2) is 9.37 Å². The zero-order valence-corrected chi connectivity index (χ0v) is 18.1. The number of aromatic nitrogens is 4. The van der Waals surface area contributed by atoms with Crippen molar-refractivity contribution in [3.8, 4) is 11.5 Å². The molecule has 34 heavy (non-hydrogen) atoms. The standard InChI is InChI=1S/C23H19FN6O4/c1-13-27-21(28-34-13)19-18-17(16(24)12-26-19)15(11-25-18)20(31)23(33)30-9-7-29(8-10-30)22(32)14-5-3-2-4-6-14/h2-6,11-12,25H,7-10H2,1H3. The molecule has 172 valence electrons. The molecule has 2 amide bonds. The number of hydrogen-bond acceptors (Lipinski definition) is 7. The van der Waals surface area contributed by atoms with Gasteiger partial charge in [-0.3, -0.25) is 14.4 Å². The Balaban J connectivity index is 1.35. The number of Topliss-reactive ketones (excluding diaryl/α,β-unsaturated/α-hetero) is 1. The first-order chi connectivity index (χ1) is 16.4. The molecular weight excluding hydrogens is 443 g/mol. The number of H-pyrrole nitrogens is 1. The van der Waals surface area contributed by atoms with Gasteiger partial charge < -0.3 is 19.3 Å². The number of ketones is 1. The molecule has 11 heteroatoms. The maximum Gasteiger partial charge on any atom is 0.295 e. The van der Waals surface area contributed by atoms with E-state index in [9.17, 15) is 18.8 Å². The Labute approximate surface area is 192 Å². The summed E-state index contributed by atoms with van der Waals surface area (Å²) in [6.45, 7) is 2.58. The lowest BCUT2D eigenvalue weighted by atomic mass is 10.1. The highest BCUT2D eigenvalue weighted by molar-refractivity contribution is 6.45. The number of benzene rings is 1. The van der Waals surface area contributed by atoms with E-state index >= 15 is 0 Å². The van der Waals surface area contributed by atoms with Crippen molar-refractivity contribution < 1.29 is 23.3 Å². The number of carbonyl (C=O) groups excluding carboxylic acids is 3. The molecule has 5 rings (SSSR count). The average molecular weight is 462 g/mol. The van der Waals surface area contributed by atoms with Crippen molar-refractivity contribution in [3.63, 3.8) is 0 Å². The zero-order chi connectivity index (χ0) is 23.8. The molecule has 1 aromatic carbocycles. The highest BCUT2D eigenvalue weighted by Crippen LogP contribution is 2.29. The van der Waals surface area contributed by atoms with Crippen LogP contribution in [0.2, 0.25) is 0 Å². The van der Waals surface area contributed by atoms with Crippen LogP contribution in [0.1, 0.15) is 26.6 Å². The molecule has 0 aliphatic carbocycles. The first-order valence-electron chi connectivity index (χ1n) is 10.6. The lowest BCUT2D eigenvalue weighted by Crippen LogP contribution is -2.52. The van der Waals surface area contributed by atoms with Crippen molar-refractivity contribution in [3.05, 3.63) is 65.6 Å². The van der Waals surface area contributed by atoms with Crippen LogP contribution < -0.4 is 0 Å². The molecule has 4 heterocycles. The fourth-order valence-electron chi connectivity index (χ4n) is 3.99. The van der Waals surface area contributed by atoms with Crippen LogP contribution in [0.5, 0.6) is 0 Å². The van der Waals surface area contributed by atoms with Gasteiger partial charge in [-0.15, -0.1) is 0 Å². The van der Waals surface area contributed by atoms with Gasteiger partial charge in [-0.05, 0) is 12.1 Å². The van der Waals surface area contributed by atoms with Crippen LogP contribution in [0, 0.1) is 12.7 Å². The molecule has 1 aliphatic heterocycles. The second-order valence-corrected chi connectivity index (χ2v) is 7.82. The number of nitrogens with one attached hydrogen (secondary N) is 1. The van der Waals surface area contributed by atoms with Crippen LogP contribution >= 0.6 is 0 Å². The van der Waals surface area contributed by atoms with E-state index in [1.807, 2.05) is 6.07 Å². The predicted molar refractivity (Wildman–Crippen MR) is 117 cm³/mol. The van der Waals surface area contributed by atoms with Crippen LogP contribution in [0.15, 0.2) is 47.2 Å². The minimum absolute atomic E-state index is 0.0660. The molecule has 0 saturated carbocycles. The van der Waals surface area contributed by atoms with Gasteiger partial charge in [0.25, 0.3) is 17.6 Å². The number of carbonyl (C=O) groups is 3. The fraction of sp³-hybridized carbons (Fsp3) is 0.217. The summed E-state index contributed by atoms with van der Waals surface area (Å²) in [5.74, 6) is -2.06. The number of piperazine rings is 1. The van der Waals surface area contributed by atoms with E-state index in [1.54, 1.807) is 36.1 Å². The second-order valence-electron chi connectivity index (χ2n) is 7.82. The fourth-order valence-corrected chi connectivity index (χ4v) is 3.99. The van der Waals surface area contributed by atoms with Crippen molar-refractivity contribution in [2.24, 2.45) is 0 Å². The molecule has 1 fully saturated rings. The summed E-state index contributed by atoms with van der Waals surface area (Å²) in [5.41, 5.74) is 0.848. The Kier molecular flexibility index (Phi) is 5.36. The molecule has 10 nitrogen and oxygen atoms in total. The van der Waals surface area contributed by atoms with Crippen LogP contribution in [0.3, 0.4) is 0 Å². The maximum atomic E-state index is 14.7. The lowest BCUT2D eigenvalue weighted by molar-refractivity contribution is -0.127. The van der Waals surface area contributed by atoms with Gasteiger partial charge in [0.05, 0.1) is 22.7 Å². The van der Waals surface area contributed by atoms with Gasteiger partial charge in [-0.1, -0.05) is 23.4 Å². The number of aromatic amines is 1. The van der Waals surface area contributed by atoms with Gasteiger partial charge in [-0.2, -0.15) is 4.98 Å². The van der Waals surface area contributed by atoms with Crippen molar-refractivity contribution in [1.82, 2.24) is 29.9 Å². The highest BCUT2D eigenvalue weighted by Gasteiger charge is 2.31. The smallest absolute Gasteiger partial charge is 0.295 e. The minimum atomic E-state index is -0.852. The van der Waals surface area contributed by atoms with E-state index in [2.05, 4.69) is 20.1 Å². The number of hydrogen-bond donors (Lipinski definition) is 1. The molecule has 4 aromatic rings. The Morgan fingerprint density at radius 3 is 2.44 bits per heavy atom. The lowest BCUT2D eigenvalue weighted by Gasteiger charge is -2.34. The van der Waals surface area contributed by atoms with Crippen LogP contribution in [-0.2, 0) is 4.79 Å². The normalized spacial score (nSPS) is 13.9. The predicted octanol–water partition coefficient (Wildman–Crippen LogP) is 2.23. The van der Waals surface area contributed by atoms with E-state index in [4.69, 9.17) is 4.52 Å². The summed E-state index contributed by atoms with van der Waals surface area (Å²) >= 11 is 0. The summed E-state index contributed by atoms with van der Waals surface area (Å²) in [7, 11) is 0. The van der Waals surface area contributed by atoms with Gasteiger partial charge in [0.15, 0.2) is 5.82 Å². The van der Waals surface area contributed by atoms with Crippen molar-refractivity contribution >= 4 is 28.5 Å². The maximum absolute atomic E-state index is 14.7. The van der Waals surface area contributed by atoms with Crippen LogP contribution in [0.4, 0.5) is 4.39 Å². The number of rotatable bonds is 4. The third-order valence-corrected chi connectivity index (χ3v) is 5.72. The van der Waals surface area contributed by atoms with Gasteiger partial charge in [0, 0.05) is 44.9 Å². The van der Waals surface area contributed by atoms with Crippen molar-refractivity contribution in [2.45, 2.75) is 6.92 Å². The van der Waals surface area contributed by atoms with Gasteiger partial charge in [0.1, 0.15) is 5.69 Å². The SMILES string of the molecule is Cc1nc(-c2ncc(F)c3c(C(=O)C(=O)N4CCN(C(=O)c5ccccc5)CC4)c[nH]c23)no1. The molecule has 0 spiro atoms. The number of fused-ring (bicyclic) bond motifs is 1. The summed E-state index contributed by atoms with van der Waals surface area (Å²) in [5, 5.41) is 3.72. The Morgan fingerprint density at radius 2 is 1.76 bits per heavy atom. The number of pyridine rings is 1. The van der Waals surface area contributed by atoms with Crippen molar-refractivity contribution in [1.29, 1.82) is 0 Å². The first kappa shape index (κ1) is 21.4. The second kappa shape index (κ2) is 8.50. The summed E-state index contributed by atoms with van der Waals surface area (Å²) in [4.78, 5) is 52.5. The van der Waals surface area contributed by atoms with Crippen LogP contribution in [0.25, 0.3) is 22.4 Å². The van der Waals surface area contributed by atoms with E-state index < -0.39 is 17.5 Å². The number of amides is 2. The minimum Gasteiger partial charge on any atom is -0.358 e. The molecule has 1 saturated heterocycles. The molecule has 0 unspecified atom stereocenters.